The Bertz CT molecular complexity index is 474. The van der Waals surface area contributed by atoms with Crippen molar-refractivity contribution in [3.63, 3.8) is 0 Å². The van der Waals surface area contributed by atoms with Crippen molar-refractivity contribution in [1.29, 1.82) is 0 Å². The van der Waals surface area contributed by atoms with Crippen molar-refractivity contribution in [2.24, 2.45) is 0 Å². The molecular formula is C11H11BrFNO3. The largest absolute Gasteiger partial charge is 0.480 e. The van der Waals surface area contributed by atoms with E-state index < -0.39 is 23.2 Å². The van der Waals surface area contributed by atoms with Gasteiger partial charge in [0, 0.05) is 5.56 Å². The van der Waals surface area contributed by atoms with E-state index in [1.165, 1.54) is 26.0 Å². The number of nitrogens with one attached hydrogen (secondary N) is 1. The monoisotopic (exact) mass is 303 g/mol. The number of halogens is 2. The summed E-state index contributed by atoms with van der Waals surface area (Å²) in [6, 6.07) is 3.71. The molecule has 0 radical (unpaired) electrons. The predicted molar refractivity (Wildman–Crippen MR) is 63.3 cm³/mol. The van der Waals surface area contributed by atoms with Crippen molar-refractivity contribution in [3.8, 4) is 0 Å². The highest BCUT2D eigenvalue weighted by atomic mass is 79.9. The zero-order valence-electron chi connectivity index (χ0n) is 9.25. The van der Waals surface area contributed by atoms with E-state index in [0.29, 0.717) is 0 Å². The maximum atomic E-state index is 13.0. The summed E-state index contributed by atoms with van der Waals surface area (Å²) >= 11 is 2.95. The Kier molecular flexibility index (Phi) is 3.87. The zero-order valence-corrected chi connectivity index (χ0v) is 10.8. The minimum Gasteiger partial charge on any atom is -0.480 e. The van der Waals surface area contributed by atoms with E-state index in [4.69, 9.17) is 5.11 Å². The van der Waals surface area contributed by atoms with Gasteiger partial charge in [0.05, 0.1) is 4.47 Å². The van der Waals surface area contributed by atoms with Crippen LogP contribution in [-0.2, 0) is 4.79 Å². The van der Waals surface area contributed by atoms with Crippen molar-refractivity contribution in [2.75, 3.05) is 0 Å². The Hall–Kier alpha value is -1.43. The molecule has 0 heterocycles. The first kappa shape index (κ1) is 13.6. The third kappa shape index (κ3) is 3.26. The maximum Gasteiger partial charge on any atom is 0.328 e. The van der Waals surface area contributed by atoms with Crippen LogP contribution in [0.1, 0.15) is 24.2 Å². The first-order valence-corrected chi connectivity index (χ1v) is 5.54. The molecule has 92 valence electrons. The van der Waals surface area contributed by atoms with Crippen LogP contribution >= 0.6 is 15.9 Å². The van der Waals surface area contributed by atoms with Crippen molar-refractivity contribution in [1.82, 2.24) is 5.32 Å². The smallest absolute Gasteiger partial charge is 0.328 e. The van der Waals surface area contributed by atoms with Gasteiger partial charge in [-0.2, -0.15) is 0 Å². The lowest BCUT2D eigenvalue weighted by Gasteiger charge is -2.21. The maximum absolute atomic E-state index is 13.0. The molecule has 1 aromatic carbocycles. The summed E-state index contributed by atoms with van der Waals surface area (Å²) in [7, 11) is 0. The second-order valence-corrected chi connectivity index (χ2v) is 4.87. The van der Waals surface area contributed by atoms with Gasteiger partial charge in [0.1, 0.15) is 11.4 Å². The van der Waals surface area contributed by atoms with Crippen LogP contribution in [-0.4, -0.2) is 22.5 Å². The molecule has 1 aromatic rings. The van der Waals surface area contributed by atoms with E-state index in [2.05, 4.69) is 21.2 Å². The molecule has 17 heavy (non-hydrogen) atoms. The summed E-state index contributed by atoms with van der Waals surface area (Å²) in [6.45, 7) is 2.73. The minimum atomic E-state index is -1.38. The van der Waals surface area contributed by atoms with Gasteiger partial charge in [-0.25, -0.2) is 9.18 Å². The normalized spacial score (nSPS) is 11.1. The number of hydrogen-bond acceptors (Lipinski definition) is 2. The van der Waals surface area contributed by atoms with Crippen molar-refractivity contribution in [3.05, 3.63) is 34.1 Å². The topological polar surface area (TPSA) is 66.4 Å². The quantitative estimate of drug-likeness (QED) is 0.899. The average molecular weight is 304 g/mol. The van der Waals surface area contributed by atoms with Crippen LogP contribution in [0.3, 0.4) is 0 Å². The van der Waals surface area contributed by atoms with Gasteiger partial charge in [-0.1, -0.05) is 0 Å². The minimum absolute atomic E-state index is 0.151. The molecular weight excluding hydrogens is 293 g/mol. The van der Waals surface area contributed by atoms with Gasteiger partial charge in [-0.05, 0) is 48.0 Å². The molecule has 1 rings (SSSR count). The van der Waals surface area contributed by atoms with Gasteiger partial charge in [-0.15, -0.1) is 0 Å². The van der Waals surface area contributed by atoms with Crippen molar-refractivity contribution in [2.45, 2.75) is 19.4 Å². The molecule has 0 atom stereocenters. The fourth-order valence-electron chi connectivity index (χ4n) is 1.05. The summed E-state index contributed by atoms with van der Waals surface area (Å²) in [5.41, 5.74) is -1.19. The predicted octanol–water partition coefficient (Wildman–Crippen LogP) is 2.18. The molecule has 0 aliphatic heterocycles. The molecule has 0 fully saturated rings. The summed E-state index contributed by atoms with van der Waals surface area (Å²) < 4.78 is 13.1. The van der Waals surface area contributed by atoms with E-state index in [0.717, 1.165) is 6.07 Å². The number of benzene rings is 1. The second-order valence-electron chi connectivity index (χ2n) is 4.01. The van der Waals surface area contributed by atoms with Gasteiger partial charge in [0.15, 0.2) is 0 Å². The summed E-state index contributed by atoms with van der Waals surface area (Å²) in [5, 5.41) is 11.2. The summed E-state index contributed by atoms with van der Waals surface area (Å²) in [6.07, 6.45) is 0. The molecule has 0 aliphatic carbocycles. The Morgan fingerprint density at radius 1 is 1.41 bits per heavy atom. The Labute approximate surface area is 106 Å². The molecule has 1 amide bonds. The van der Waals surface area contributed by atoms with Gasteiger partial charge in [-0.3, -0.25) is 4.79 Å². The highest BCUT2D eigenvalue weighted by molar-refractivity contribution is 9.10. The number of carboxylic acid groups (broad SMARTS) is 1. The van der Waals surface area contributed by atoms with Crippen LogP contribution in [0.2, 0.25) is 0 Å². The molecule has 0 spiro atoms. The van der Waals surface area contributed by atoms with E-state index in [1.54, 1.807) is 0 Å². The van der Waals surface area contributed by atoms with Crippen molar-refractivity contribution < 1.29 is 19.1 Å². The lowest BCUT2D eigenvalue weighted by Crippen LogP contribution is -2.49. The van der Waals surface area contributed by atoms with Gasteiger partial charge >= 0.3 is 5.97 Å². The zero-order chi connectivity index (χ0) is 13.2. The molecule has 2 N–H and O–H groups in total. The third-order valence-electron chi connectivity index (χ3n) is 2.14. The second kappa shape index (κ2) is 4.83. The summed E-state index contributed by atoms with van der Waals surface area (Å²) in [4.78, 5) is 22.5. The van der Waals surface area contributed by atoms with E-state index in [-0.39, 0.29) is 10.0 Å². The van der Waals surface area contributed by atoms with Crippen LogP contribution in [0, 0.1) is 5.82 Å². The highest BCUT2D eigenvalue weighted by Gasteiger charge is 2.29. The molecule has 0 saturated carbocycles. The Morgan fingerprint density at radius 3 is 2.47 bits per heavy atom. The Morgan fingerprint density at radius 2 is 2.00 bits per heavy atom. The molecule has 4 nitrogen and oxygen atoms in total. The fraction of sp³-hybridized carbons (Fsp3) is 0.273. The number of carboxylic acids is 1. The molecule has 0 saturated heterocycles. The number of amides is 1. The molecule has 0 aromatic heterocycles. The third-order valence-corrected chi connectivity index (χ3v) is 2.75. The lowest BCUT2D eigenvalue weighted by molar-refractivity contribution is -0.143. The standard InChI is InChI=1S/C11H11BrFNO3/c1-11(2,10(16)17)14-9(15)6-3-4-8(13)7(12)5-6/h3-5H,1-2H3,(H,14,15)(H,16,17). The molecule has 0 bridgehead atoms. The van der Waals surface area contributed by atoms with Crippen LogP contribution in [0.4, 0.5) is 4.39 Å². The van der Waals surface area contributed by atoms with Gasteiger partial charge in [0.25, 0.3) is 5.91 Å². The highest BCUT2D eigenvalue weighted by Crippen LogP contribution is 2.17. The van der Waals surface area contributed by atoms with Gasteiger partial charge < -0.3 is 10.4 Å². The molecule has 6 heteroatoms. The number of hydrogen-bond donors (Lipinski definition) is 2. The number of rotatable bonds is 3. The van der Waals surface area contributed by atoms with Crippen LogP contribution in [0.25, 0.3) is 0 Å². The molecule has 0 aliphatic rings. The molecule has 0 unspecified atom stereocenters. The fourth-order valence-corrected chi connectivity index (χ4v) is 1.43. The lowest BCUT2D eigenvalue weighted by atomic mass is 10.1. The number of carbonyl (C=O) groups excluding carboxylic acids is 1. The number of carbonyl (C=O) groups is 2. The first-order valence-electron chi connectivity index (χ1n) is 4.75. The Balaban J connectivity index is 2.91. The van der Waals surface area contributed by atoms with E-state index in [9.17, 15) is 14.0 Å². The number of aliphatic carboxylic acids is 1. The summed E-state index contributed by atoms with van der Waals surface area (Å²) in [5.74, 6) is -2.20. The average Bonchev–Trinajstić information content (AvgIpc) is 2.21. The first-order chi connectivity index (χ1) is 7.74. The van der Waals surface area contributed by atoms with Gasteiger partial charge in [0.2, 0.25) is 0 Å². The van der Waals surface area contributed by atoms with Crippen molar-refractivity contribution >= 4 is 27.8 Å². The van der Waals surface area contributed by atoms with E-state index in [1.807, 2.05) is 0 Å². The van der Waals surface area contributed by atoms with E-state index >= 15 is 0 Å². The van der Waals surface area contributed by atoms with Crippen LogP contribution < -0.4 is 5.32 Å². The van der Waals surface area contributed by atoms with Crippen LogP contribution in [0.5, 0.6) is 0 Å². The van der Waals surface area contributed by atoms with Crippen LogP contribution in [0.15, 0.2) is 22.7 Å². The SMILES string of the molecule is CC(C)(NC(=O)c1ccc(F)c(Br)c1)C(=O)O.